The number of nitrogens with zero attached hydrogens (tertiary/aromatic N) is 2. The van der Waals surface area contributed by atoms with Crippen LogP contribution in [0.15, 0.2) is 18.3 Å². The van der Waals surface area contributed by atoms with E-state index in [0.717, 1.165) is 38.2 Å². The molecule has 1 N–H and O–H groups in total. The van der Waals surface area contributed by atoms with Crippen molar-refractivity contribution in [1.82, 2.24) is 9.88 Å². The van der Waals surface area contributed by atoms with E-state index in [1.54, 1.807) is 0 Å². The molecular formula is C12H16F3N3. The summed E-state index contributed by atoms with van der Waals surface area (Å²) in [5, 5.41) is 3.17. The Morgan fingerprint density at radius 1 is 1.28 bits per heavy atom. The number of piperidine rings is 1. The molecule has 100 valence electrons. The van der Waals surface area contributed by atoms with Crippen LogP contribution in [0.1, 0.15) is 18.4 Å². The minimum absolute atomic E-state index is 0.297. The Bertz CT molecular complexity index is 381. The van der Waals surface area contributed by atoms with Gasteiger partial charge < -0.3 is 10.2 Å². The first-order valence-electron chi connectivity index (χ1n) is 5.93. The van der Waals surface area contributed by atoms with Crippen molar-refractivity contribution in [3.8, 4) is 0 Å². The Kier molecular flexibility index (Phi) is 3.75. The van der Waals surface area contributed by atoms with Crippen molar-refractivity contribution in [1.29, 1.82) is 0 Å². The molecule has 0 amide bonds. The third-order valence-corrected chi connectivity index (χ3v) is 3.16. The lowest BCUT2D eigenvalue weighted by Crippen LogP contribution is -2.36. The van der Waals surface area contributed by atoms with Gasteiger partial charge in [-0.1, -0.05) is 0 Å². The molecule has 1 fully saturated rings. The molecule has 1 aromatic rings. The van der Waals surface area contributed by atoms with Crippen molar-refractivity contribution in [2.75, 3.05) is 25.5 Å². The molecule has 1 aliphatic heterocycles. The Hall–Kier alpha value is -1.30. The first-order chi connectivity index (χ1) is 8.45. The van der Waals surface area contributed by atoms with Crippen molar-refractivity contribution in [3.05, 3.63) is 23.9 Å². The minimum atomic E-state index is -4.32. The topological polar surface area (TPSA) is 28.2 Å². The van der Waals surface area contributed by atoms with Gasteiger partial charge in [0.2, 0.25) is 0 Å². The maximum atomic E-state index is 12.4. The van der Waals surface area contributed by atoms with E-state index < -0.39 is 11.7 Å². The summed E-state index contributed by atoms with van der Waals surface area (Å²) in [6, 6.07) is 2.75. The summed E-state index contributed by atoms with van der Waals surface area (Å²) in [5.41, 5.74) is -0.712. The highest BCUT2D eigenvalue weighted by molar-refractivity contribution is 5.37. The molecule has 2 rings (SSSR count). The Morgan fingerprint density at radius 3 is 2.44 bits per heavy atom. The van der Waals surface area contributed by atoms with Gasteiger partial charge in [-0.3, -0.25) is 0 Å². The predicted molar refractivity (Wildman–Crippen MR) is 63.4 cm³/mol. The number of halogens is 3. The summed E-state index contributed by atoms with van der Waals surface area (Å²) >= 11 is 0. The lowest BCUT2D eigenvalue weighted by atomic mass is 10.1. The van der Waals surface area contributed by atoms with Crippen LogP contribution >= 0.6 is 0 Å². The molecule has 0 aromatic carbocycles. The van der Waals surface area contributed by atoms with Crippen LogP contribution in [0.4, 0.5) is 19.0 Å². The zero-order valence-electron chi connectivity index (χ0n) is 10.2. The van der Waals surface area contributed by atoms with Crippen LogP contribution in [0.25, 0.3) is 0 Å². The standard InChI is InChI=1S/C12H16F3N3/c1-18-6-4-10(5-7-18)17-11-3-2-9(8-16-11)12(13,14)15/h2-3,8,10H,4-7H2,1H3,(H,16,17). The lowest BCUT2D eigenvalue weighted by Gasteiger charge is -2.29. The molecule has 0 saturated carbocycles. The van der Waals surface area contributed by atoms with E-state index in [4.69, 9.17) is 0 Å². The van der Waals surface area contributed by atoms with Crippen molar-refractivity contribution >= 4 is 5.82 Å². The highest BCUT2D eigenvalue weighted by Crippen LogP contribution is 2.29. The van der Waals surface area contributed by atoms with Gasteiger partial charge in [-0.2, -0.15) is 13.2 Å². The smallest absolute Gasteiger partial charge is 0.367 e. The molecule has 18 heavy (non-hydrogen) atoms. The van der Waals surface area contributed by atoms with Crippen LogP contribution in [0.3, 0.4) is 0 Å². The molecular weight excluding hydrogens is 243 g/mol. The minimum Gasteiger partial charge on any atom is -0.367 e. The summed E-state index contributed by atoms with van der Waals surface area (Å²) in [5.74, 6) is 0.512. The zero-order valence-corrected chi connectivity index (χ0v) is 10.2. The van der Waals surface area contributed by atoms with Gasteiger partial charge in [-0.05, 0) is 45.1 Å². The third kappa shape index (κ3) is 3.35. The van der Waals surface area contributed by atoms with Gasteiger partial charge in [-0.15, -0.1) is 0 Å². The van der Waals surface area contributed by atoms with E-state index in [1.165, 1.54) is 6.07 Å². The largest absolute Gasteiger partial charge is 0.417 e. The second-order valence-corrected chi connectivity index (χ2v) is 4.65. The fourth-order valence-electron chi connectivity index (χ4n) is 2.01. The monoisotopic (exact) mass is 259 g/mol. The normalized spacial score (nSPS) is 18.9. The van der Waals surface area contributed by atoms with Gasteiger partial charge in [-0.25, -0.2) is 4.98 Å². The maximum absolute atomic E-state index is 12.4. The first kappa shape index (κ1) is 13.1. The molecule has 2 heterocycles. The van der Waals surface area contributed by atoms with Crippen molar-refractivity contribution in [2.45, 2.75) is 25.1 Å². The number of aromatic nitrogens is 1. The summed E-state index contributed by atoms with van der Waals surface area (Å²) in [4.78, 5) is 6.05. The first-order valence-corrected chi connectivity index (χ1v) is 5.93. The average molecular weight is 259 g/mol. The van der Waals surface area contributed by atoms with Crippen LogP contribution in [-0.2, 0) is 6.18 Å². The molecule has 0 radical (unpaired) electrons. The molecule has 1 saturated heterocycles. The number of anilines is 1. The quantitative estimate of drug-likeness (QED) is 0.885. The highest BCUT2D eigenvalue weighted by Gasteiger charge is 2.30. The number of pyridine rings is 1. The SMILES string of the molecule is CN1CCC(Nc2ccc(C(F)(F)F)cn2)CC1. The summed E-state index contributed by atoms with van der Waals surface area (Å²) < 4.78 is 37.1. The van der Waals surface area contributed by atoms with E-state index in [9.17, 15) is 13.2 Å². The fraction of sp³-hybridized carbons (Fsp3) is 0.583. The number of alkyl halides is 3. The van der Waals surface area contributed by atoms with E-state index in [0.29, 0.717) is 11.9 Å². The summed E-state index contributed by atoms with van der Waals surface area (Å²) in [6.45, 7) is 2.00. The van der Waals surface area contributed by atoms with Crippen LogP contribution in [-0.4, -0.2) is 36.1 Å². The lowest BCUT2D eigenvalue weighted by molar-refractivity contribution is -0.137. The number of nitrogens with one attached hydrogen (secondary N) is 1. The highest BCUT2D eigenvalue weighted by atomic mass is 19.4. The number of hydrogen-bond donors (Lipinski definition) is 1. The zero-order chi connectivity index (χ0) is 13.2. The molecule has 1 aliphatic rings. The van der Waals surface area contributed by atoms with Gasteiger partial charge in [0, 0.05) is 12.2 Å². The number of rotatable bonds is 2. The second-order valence-electron chi connectivity index (χ2n) is 4.65. The second kappa shape index (κ2) is 5.14. The third-order valence-electron chi connectivity index (χ3n) is 3.16. The molecule has 0 unspecified atom stereocenters. The van der Waals surface area contributed by atoms with Crippen LogP contribution < -0.4 is 5.32 Å². The molecule has 0 bridgehead atoms. The van der Waals surface area contributed by atoms with Crippen LogP contribution in [0, 0.1) is 0 Å². The summed E-state index contributed by atoms with van der Waals surface area (Å²) in [7, 11) is 2.06. The average Bonchev–Trinajstić information content (AvgIpc) is 2.32. The number of likely N-dealkylation sites (tertiary alicyclic amines) is 1. The summed E-state index contributed by atoms with van der Waals surface area (Å²) in [6.07, 6.45) is -1.48. The molecule has 0 spiro atoms. The molecule has 0 aliphatic carbocycles. The van der Waals surface area contributed by atoms with Gasteiger partial charge in [0.1, 0.15) is 5.82 Å². The van der Waals surface area contributed by atoms with Gasteiger partial charge in [0.05, 0.1) is 5.56 Å². The van der Waals surface area contributed by atoms with E-state index >= 15 is 0 Å². The van der Waals surface area contributed by atoms with E-state index in [-0.39, 0.29) is 0 Å². The Morgan fingerprint density at radius 2 is 1.94 bits per heavy atom. The molecule has 3 nitrogen and oxygen atoms in total. The maximum Gasteiger partial charge on any atom is 0.417 e. The number of hydrogen-bond acceptors (Lipinski definition) is 3. The van der Waals surface area contributed by atoms with Crippen LogP contribution in [0.5, 0.6) is 0 Å². The van der Waals surface area contributed by atoms with Gasteiger partial charge in [0.15, 0.2) is 0 Å². The van der Waals surface area contributed by atoms with E-state index in [2.05, 4.69) is 22.2 Å². The van der Waals surface area contributed by atoms with Crippen molar-refractivity contribution in [2.24, 2.45) is 0 Å². The predicted octanol–water partition coefficient (Wildman–Crippen LogP) is 2.61. The van der Waals surface area contributed by atoms with E-state index in [1.807, 2.05) is 0 Å². The Labute approximate surface area is 104 Å². The molecule has 6 heteroatoms. The fourth-order valence-corrected chi connectivity index (χ4v) is 2.01. The Balaban J connectivity index is 1.94. The van der Waals surface area contributed by atoms with Crippen molar-refractivity contribution in [3.63, 3.8) is 0 Å². The van der Waals surface area contributed by atoms with Crippen molar-refractivity contribution < 1.29 is 13.2 Å². The van der Waals surface area contributed by atoms with Gasteiger partial charge in [0.25, 0.3) is 0 Å². The van der Waals surface area contributed by atoms with Crippen LogP contribution in [0.2, 0.25) is 0 Å². The molecule has 1 aromatic heterocycles. The molecule has 0 atom stereocenters. The van der Waals surface area contributed by atoms with Gasteiger partial charge >= 0.3 is 6.18 Å².